The first-order valence-electron chi connectivity index (χ1n) is 7.30. The number of nitriles is 2. The molecule has 1 aliphatic heterocycles. The molecule has 0 spiro atoms. The van der Waals surface area contributed by atoms with Gasteiger partial charge in [0, 0.05) is 30.5 Å². The van der Waals surface area contributed by atoms with Gasteiger partial charge in [-0.3, -0.25) is 4.79 Å². The summed E-state index contributed by atoms with van der Waals surface area (Å²) in [4.78, 5) is 14.3. The molecule has 2 rings (SSSR count). The third-order valence-electron chi connectivity index (χ3n) is 3.83. The number of nitrogens with zero attached hydrogens (tertiary/aromatic N) is 3. The Hall–Kier alpha value is -2.79. The molecule has 1 fully saturated rings. The minimum atomic E-state index is 0.00240. The maximum absolute atomic E-state index is 12.4. The Balaban J connectivity index is 2.00. The number of rotatable bonds is 3. The SMILES string of the molecule is CC1CCN(C(=O)c2ccc(NC=C(C#N)C#N)cc2)CC1. The van der Waals surface area contributed by atoms with E-state index in [4.69, 9.17) is 10.5 Å². The largest absolute Gasteiger partial charge is 0.360 e. The highest BCUT2D eigenvalue weighted by molar-refractivity contribution is 5.94. The highest BCUT2D eigenvalue weighted by Gasteiger charge is 2.21. The lowest BCUT2D eigenvalue weighted by Gasteiger charge is -2.30. The zero-order valence-corrected chi connectivity index (χ0v) is 12.5. The van der Waals surface area contributed by atoms with Crippen LogP contribution in [-0.4, -0.2) is 23.9 Å². The van der Waals surface area contributed by atoms with Crippen LogP contribution in [0.4, 0.5) is 5.69 Å². The lowest BCUT2D eigenvalue weighted by Crippen LogP contribution is -2.37. The number of carbonyl (C=O) groups is 1. The molecule has 1 aromatic rings. The molecule has 22 heavy (non-hydrogen) atoms. The molecule has 0 radical (unpaired) electrons. The zero-order chi connectivity index (χ0) is 15.9. The van der Waals surface area contributed by atoms with Crippen LogP contribution in [0.15, 0.2) is 36.0 Å². The van der Waals surface area contributed by atoms with Crippen LogP contribution in [0.3, 0.4) is 0 Å². The molecular formula is C17H18N4O. The number of hydrogen-bond acceptors (Lipinski definition) is 4. The van der Waals surface area contributed by atoms with Crippen LogP contribution in [0.1, 0.15) is 30.1 Å². The highest BCUT2D eigenvalue weighted by atomic mass is 16.2. The monoisotopic (exact) mass is 294 g/mol. The van der Waals surface area contributed by atoms with Crippen LogP contribution in [0.5, 0.6) is 0 Å². The minimum absolute atomic E-state index is 0.00240. The summed E-state index contributed by atoms with van der Waals surface area (Å²) in [5.74, 6) is 0.751. The second-order valence-corrected chi connectivity index (χ2v) is 5.48. The average Bonchev–Trinajstić information content (AvgIpc) is 2.56. The summed E-state index contributed by atoms with van der Waals surface area (Å²) in [6, 6.07) is 10.6. The van der Waals surface area contributed by atoms with Crippen molar-refractivity contribution in [3.63, 3.8) is 0 Å². The van der Waals surface area contributed by atoms with Gasteiger partial charge in [-0.1, -0.05) is 6.92 Å². The third kappa shape index (κ3) is 3.86. The number of allylic oxidation sites excluding steroid dienone is 1. The molecule has 1 aliphatic rings. The van der Waals surface area contributed by atoms with Crippen molar-refractivity contribution in [1.82, 2.24) is 4.90 Å². The lowest BCUT2D eigenvalue weighted by atomic mass is 9.98. The molecule has 0 unspecified atom stereocenters. The van der Waals surface area contributed by atoms with Gasteiger partial charge >= 0.3 is 0 Å². The molecule has 1 aromatic carbocycles. The summed E-state index contributed by atoms with van der Waals surface area (Å²) < 4.78 is 0. The van der Waals surface area contributed by atoms with Crippen molar-refractivity contribution < 1.29 is 4.79 Å². The molecule has 1 N–H and O–H groups in total. The third-order valence-corrected chi connectivity index (χ3v) is 3.83. The number of nitrogens with one attached hydrogen (secondary N) is 1. The Morgan fingerprint density at radius 1 is 1.23 bits per heavy atom. The van der Waals surface area contributed by atoms with Gasteiger partial charge in [0.15, 0.2) is 0 Å². The van der Waals surface area contributed by atoms with Crippen molar-refractivity contribution >= 4 is 11.6 Å². The van der Waals surface area contributed by atoms with Gasteiger partial charge in [0.1, 0.15) is 17.7 Å². The summed E-state index contributed by atoms with van der Waals surface area (Å²) in [6.07, 6.45) is 3.46. The predicted molar refractivity (Wildman–Crippen MR) is 83.7 cm³/mol. The smallest absolute Gasteiger partial charge is 0.253 e. The van der Waals surface area contributed by atoms with Crippen LogP contribution in [0, 0.1) is 28.6 Å². The molecule has 1 amide bonds. The lowest BCUT2D eigenvalue weighted by molar-refractivity contribution is 0.0697. The molecule has 1 heterocycles. The van der Waals surface area contributed by atoms with Gasteiger partial charge in [0.05, 0.1) is 0 Å². The van der Waals surface area contributed by atoms with Crippen molar-refractivity contribution in [2.75, 3.05) is 18.4 Å². The number of piperidine rings is 1. The van der Waals surface area contributed by atoms with E-state index in [0.29, 0.717) is 11.5 Å². The number of likely N-dealkylation sites (tertiary alicyclic amines) is 1. The van der Waals surface area contributed by atoms with Gasteiger partial charge in [-0.25, -0.2) is 0 Å². The van der Waals surface area contributed by atoms with Gasteiger partial charge < -0.3 is 10.2 Å². The quantitative estimate of drug-likeness (QED) is 0.869. The molecule has 112 valence electrons. The van der Waals surface area contributed by atoms with Gasteiger partial charge in [-0.2, -0.15) is 10.5 Å². The van der Waals surface area contributed by atoms with E-state index in [1.54, 1.807) is 36.4 Å². The van der Waals surface area contributed by atoms with E-state index < -0.39 is 0 Å². The van der Waals surface area contributed by atoms with E-state index >= 15 is 0 Å². The average molecular weight is 294 g/mol. The first-order chi connectivity index (χ1) is 10.6. The molecular weight excluding hydrogens is 276 g/mol. The summed E-state index contributed by atoms with van der Waals surface area (Å²) in [6.45, 7) is 3.85. The second kappa shape index (κ2) is 7.28. The van der Waals surface area contributed by atoms with Crippen LogP contribution >= 0.6 is 0 Å². The molecule has 0 bridgehead atoms. The van der Waals surface area contributed by atoms with Crippen molar-refractivity contribution in [1.29, 1.82) is 10.5 Å². The van der Waals surface area contributed by atoms with E-state index in [2.05, 4.69) is 12.2 Å². The summed E-state index contributed by atoms with van der Waals surface area (Å²) in [5.41, 5.74) is 1.39. The maximum atomic E-state index is 12.4. The first kappa shape index (κ1) is 15.6. The fourth-order valence-electron chi connectivity index (χ4n) is 2.35. The Labute approximate surface area is 130 Å². The maximum Gasteiger partial charge on any atom is 0.253 e. The second-order valence-electron chi connectivity index (χ2n) is 5.48. The molecule has 1 saturated heterocycles. The minimum Gasteiger partial charge on any atom is -0.360 e. The Morgan fingerprint density at radius 2 is 1.82 bits per heavy atom. The van der Waals surface area contributed by atoms with Crippen molar-refractivity contribution in [2.45, 2.75) is 19.8 Å². The number of amides is 1. The number of hydrogen-bond donors (Lipinski definition) is 1. The molecule has 0 atom stereocenters. The van der Waals surface area contributed by atoms with E-state index in [1.807, 2.05) is 4.90 Å². The van der Waals surface area contributed by atoms with E-state index in [0.717, 1.165) is 31.6 Å². The van der Waals surface area contributed by atoms with Gasteiger partial charge in [-0.05, 0) is 43.0 Å². The normalized spacial score (nSPS) is 14.6. The Morgan fingerprint density at radius 3 is 2.36 bits per heavy atom. The van der Waals surface area contributed by atoms with E-state index in [-0.39, 0.29) is 11.5 Å². The molecule has 5 heteroatoms. The molecule has 0 saturated carbocycles. The molecule has 5 nitrogen and oxygen atoms in total. The number of anilines is 1. The highest BCUT2D eigenvalue weighted by Crippen LogP contribution is 2.19. The summed E-state index contributed by atoms with van der Waals surface area (Å²) in [7, 11) is 0. The Bertz CT molecular complexity index is 625. The first-order valence-corrected chi connectivity index (χ1v) is 7.30. The fraction of sp³-hybridized carbons (Fsp3) is 0.353. The predicted octanol–water partition coefficient (Wildman–Crippen LogP) is 2.90. The van der Waals surface area contributed by atoms with Gasteiger partial charge in [0.2, 0.25) is 0 Å². The number of carbonyl (C=O) groups excluding carboxylic acids is 1. The Kier molecular flexibility index (Phi) is 5.16. The van der Waals surface area contributed by atoms with Crippen molar-refractivity contribution in [3.8, 4) is 12.1 Å². The molecule has 0 aliphatic carbocycles. The van der Waals surface area contributed by atoms with Gasteiger partial charge in [0.25, 0.3) is 5.91 Å². The van der Waals surface area contributed by atoms with Crippen LogP contribution in [-0.2, 0) is 0 Å². The fourth-order valence-corrected chi connectivity index (χ4v) is 2.35. The zero-order valence-electron chi connectivity index (χ0n) is 12.5. The van der Waals surface area contributed by atoms with Crippen molar-refractivity contribution in [2.24, 2.45) is 5.92 Å². The van der Waals surface area contributed by atoms with Crippen LogP contribution in [0.25, 0.3) is 0 Å². The summed E-state index contributed by atoms with van der Waals surface area (Å²) in [5, 5.41) is 20.2. The van der Waals surface area contributed by atoms with Crippen LogP contribution < -0.4 is 5.32 Å². The number of benzene rings is 1. The van der Waals surface area contributed by atoms with Crippen LogP contribution in [0.2, 0.25) is 0 Å². The van der Waals surface area contributed by atoms with E-state index in [1.165, 1.54) is 6.20 Å². The van der Waals surface area contributed by atoms with Gasteiger partial charge in [-0.15, -0.1) is 0 Å². The van der Waals surface area contributed by atoms with Crippen molar-refractivity contribution in [3.05, 3.63) is 41.6 Å². The topological polar surface area (TPSA) is 79.9 Å². The standard InChI is InChI=1S/C17H18N4O/c1-13-6-8-21(9-7-13)17(22)15-2-4-16(5-3-15)20-12-14(10-18)11-19/h2-5,12-13,20H,6-9H2,1H3. The summed E-state index contributed by atoms with van der Waals surface area (Å²) >= 11 is 0. The molecule has 0 aromatic heterocycles. The van der Waals surface area contributed by atoms with E-state index in [9.17, 15) is 4.79 Å².